The van der Waals surface area contributed by atoms with Crippen molar-refractivity contribution in [3.8, 4) is 0 Å². The molecule has 68 valence electrons. The van der Waals surface area contributed by atoms with Gasteiger partial charge in [0, 0.05) is 24.6 Å². The third-order valence-electron chi connectivity index (χ3n) is 1.54. The molecule has 3 nitrogen and oxygen atoms in total. The molecule has 0 unspecified atom stereocenters. The zero-order chi connectivity index (χ0) is 9.68. The fourth-order valence-corrected chi connectivity index (χ4v) is 0.987. The molecule has 1 aromatic rings. The number of rotatable bonds is 4. The summed E-state index contributed by atoms with van der Waals surface area (Å²) in [7, 11) is 0. The first-order valence-corrected chi connectivity index (χ1v) is 4.20. The van der Waals surface area contributed by atoms with Crippen LogP contribution in [0.3, 0.4) is 0 Å². The van der Waals surface area contributed by atoms with E-state index in [0.717, 1.165) is 6.29 Å². The molecule has 0 fully saturated rings. The molecule has 0 aliphatic rings. The van der Waals surface area contributed by atoms with Crippen molar-refractivity contribution in [3.63, 3.8) is 0 Å². The number of Topliss-reactive ketones (excluding diaryl/α,β-unsaturated/α-hetero) is 1. The summed E-state index contributed by atoms with van der Waals surface area (Å²) >= 11 is 5.54. The maximum Gasteiger partial charge on any atom is 0.164 e. The van der Waals surface area contributed by atoms with Crippen LogP contribution in [0.1, 0.15) is 23.2 Å². The third kappa shape index (κ3) is 2.95. The van der Waals surface area contributed by atoms with Gasteiger partial charge in [0.25, 0.3) is 0 Å². The maximum atomic E-state index is 11.3. The van der Waals surface area contributed by atoms with Crippen molar-refractivity contribution >= 4 is 23.7 Å². The predicted molar refractivity (Wildman–Crippen MR) is 48.9 cm³/mol. The molecule has 0 bridgehead atoms. The van der Waals surface area contributed by atoms with Gasteiger partial charge in [-0.2, -0.15) is 0 Å². The number of carbonyl (C=O) groups excluding carboxylic acids is 2. The molecule has 0 aliphatic carbocycles. The van der Waals surface area contributed by atoms with Gasteiger partial charge >= 0.3 is 0 Å². The highest BCUT2D eigenvalue weighted by Crippen LogP contribution is 2.07. The van der Waals surface area contributed by atoms with Gasteiger partial charge in [0.05, 0.1) is 0 Å². The van der Waals surface area contributed by atoms with Gasteiger partial charge in [-0.15, -0.1) is 0 Å². The smallest absolute Gasteiger partial charge is 0.164 e. The van der Waals surface area contributed by atoms with E-state index in [0.29, 0.717) is 10.7 Å². The summed E-state index contributed by atoms with van der Waals surface area (Å²) in [6.07, 6.45) is 2.62. The van der Waals surface area contributed by atoms with E-state index in [1.807, 2.05) is 0 Å². The van der Waals surface area contributed by atoms with E-state index >= 15 is 0 Å². The van der Waals surface area contributed by atoms with E-state index in [1.54, 1.807) is 12.1 Å². The quantitative estimate of drug-likeness (QED) is 0.421. The van der Waals surface area contributed by atoms with Crippen LogP contribution in [0.5, 0.6) is 0 Å². The highest BCUT2D eigenvalue weighted by atomic mass is 35.5. The lowest BCUT2D eigenvalue weighted by Gasteiger charge is -1.96. The molecule has 0 saturated carbocycles. The maximum absolute atomic E-state index is 11.3. The number of hydrogen-bond donors (Lipinski definition) is 0. The van der Waals surface area contributed by atoms with Gasteiger partial charge in [-0.1, -0.05) is 11.6 Å². The van der Waals surface area contributed by atoms with Crippen LogP contribution in [0, 0.1) is 0 Å². The second-order valence-electron chi connectivity index (χ2n) is 2.50. The molecular weight excluding hydrogens is 190 g/mol. The summed E-state index contributed by atoms with van der Waals surface area (Å²) in [5.41, 5.74) is 0.492. The first-order valence-electron chi connectivity index (χ1n) is 3.82. The molecule has 0 amide bonds. The van der Waals surface area contributed by atoms with E-state index in [-0.39, 0.29) is 18.6 Å². The third-order valence-corrected chi connectivity index (χ3v) is 1.76. The number of aldehydes is 1. The standard InChI is InChI=1S/C9H8ClNO2/c10-9-4-3-7(6-11-9)8(13)2-1-5-12/h3-6H,1-2H2. The highest BCUT2D eigenvalue weighted by Gasteiger charge is 2.04. The largest absolute Gasteiger partial charge is 0.303 e. The molecule has 1 rings (SSSR count). The number of pyridine rings is 1. The van der Waals surface area contributed by atoms with Gasteiger partial charge in [0.15, 0.2) is 5.78 Å². The Kier molecular flexibility index (Phi) is 3.58. The topological polar surface area (TPSA) is 47.0 Å². The number of halogens is 1. The van der Waals surface area contributed by atoms with E-state index in [1.165, 1.54) is 6.20 Å². The Hall–Kier alpha value is -1.22. The summed E-state index contributed by atoms with van der Waals surface area (Å²) in [5.74, 6) is -0.0868. The van der Waals surface area contributed by atoms with Gasteiger partial charge in [-0.3, -0.25) is 4.79 Å². The van der Waals surface area contributed by atoms with Crippen LogP contribution in [0.4, 0.5) is 0 Å². The van der Waals surface area contributed by atoms with Gasteiger partial charge in [-0.25, -0.2) is 4.98 Å². The van der Waals surface area contributed by atoms with E-state index in [2.05, 4.69) is 4.98 Å². The van der Waals surface area contributed by atoms with Gasteiger partial charge in [0.1, 0.15) is 11.4 Å². The van der Waals surface area contributed by atoms with Crippen molar-refractivity contribution in [1.29, 1.82) is 0 Å². The molecule has 0 N–H and O–H groups in total. The molecule has 1 heterocycles. The number of nitrogens with zero attached hydrogens (tertiary/aromatic N) is 1. The zero-order valence-electron chi connectivity index (χ0n) is 6.87. The van der Waals surface area contributed by atoms with Crippen LogP contribution in [0.25, 0.3) is 0 Å². The SMILES string of the molecule is O=CCCC(=O)c1ccc(Cl)nc1. The molecule has 0 atom stereocenters. The normalized spacial score (nSPS) is 9.62. The molecule has 0 saturated heterocycles. The van der Waals surface area contributed by atoms with E-state index in [9.17, 15) is 9.59 Å². The summed E-state index contributed by atoms with van der Waals surface area (Å²) in [6, 6.07) is 3.15. The minimum atomic E-state index is -0.0868. The average molecular weight is 198 g/mol. The van der Waals surface area contributed by atoms with Crippen molar-refractivity contribution < 1.29 is 9.59 Å². The Labute approximate surface area is 80.7 Å². The van der Waals surface area contributed by atoms with Crippen molar-refractivity contribution in [2.45, 2.75) is 12.8 Å². The summed E-state index contributed by atoms with van der Waals surface area (Å²) in [6.45, 7) is 0. The number of ketones is 1. The van der Waals surface area contributed by atoms with Crippen LogP contribution >= 0.6 is 11.6 Å². The number of aromatic nitrogens is 1. The highest BCUT2D eigenvalue weighted by molar-refractivity contribution is 6.29. The molecule has 1 aromatic heterocycles. The zero-order valence-corrected chi connectivity index (χ0v) is 7.62. The fraction of sp³-hybridized carbons (Fsp3) is 0.222. The first kappa shape index (κ1) is 9.86. The minimum Gasteiger partial charge on any atom is -0.303 e. The molecule has 13 heavy (non-hydrogen) atoms. The molecule has 0 radical (unpaired) electrons. The Morgan fingerprint density at radius 2 is 2.31 bits per heavy atom. The molecule has 0 aromatic carbocycles. The Morgan fingerprint density at radius 1 is 1.54 bits per heavy atom. The monoisotopic (exact) mass is 197 g/mol. The summed E-state index contributed by atoms with van der Waals surface area (Å²) < 4.78 is 0. The minimum absolute atomic E-state index is 0.0868. The van der Waals surface area contributed by atoms with E-state index < -0.39 is 0 Å². The second-order valence-corrected chi connectivity index (χ2v) is 2.89. The summed E-state index contributed by atoms with van der Waals surface area (Å²) in [4.78, 5) is 25.0. The Bertz CT molecular complexity index is 308. The molecule has 0 aliphatic heterocycles. The van der Waals surface area contributed by atoms with Crippen molar-refractivity contribution in [2.75, 3.05) is 0 Å². The van der Waals surface area contributed by atoms with Crippen LogP contribution in [-0.2, 0) is 4.79 Å². The van der Waals surface area contributed by atoms with Gasteiger partial charge in [-0.05, 0) is 12.1 Å². The summed E-state index contributed by atoms with van der Waals surface area (Å²) in [5, 5.41) is 0.354. The first-order chi connectivity index (χ1) is 6.24. The average Bonchev–Trinajstić information content (AvgIpc) is 2.15. The van der Waals surface area contributed by atoms with Gasteiger partial charge in [0.2, 0.25) is 0 Å². The lowest BCUT2D eigenvalue weighted by atomic mass is 10.1. The lowest BCUT2D eigenvalue weighted by molar-refractivity contribution is -0.107. The number of hydrogen-bond acceptors (Lipinski definition) is 3. The molecule has 0 spiro atoms. The Balaban J connectivity index is 2.66. The van der Waals surface area contributed by atoms with E-state index in [4.69, 9.17) is 11.6 Å². The predicted octanol–water partition coefficient (Wildman–Crippen LogP) is 1.90. The lowest BCUT2D eigenvalue weighted by Crippen LogP contribution is -1.99. The van der Waals surface area contributed by atoms with Crippen molar-refractivity contribution in [2.24, 2.45) is 0 Å². The van der Waals surface area contributed by atoms with Gasteiger partial charge < -0.3 is 4.79 Å². The molecule has 4 heteroatoms. The number of carbonyl (C=O) groups is 2. The molecular formula is C9H8ClNO2. The van der Waals surface area contributed by atoms with Crippen LogP contribution in [-0.4, -0.2) is 17.1 Å². The van der Waals surface area contributed by atoms with Crippen LogP contribution in [0.15, 0.2) is 18.3 Å². The van der Waals surface area contributed by atoms with Crippen LogP contribution in [0.2, 0.25) is 5.15 Å². The van der Waals surface area contributed by atoms with Crippen molar-refractivity contribution in [3.05, 3.63) is 29.0 Å². The van der Waals surface area contributed by atoms with Crippen LogP contribution < -0.4 is 0 Å². The fourth-order valence-electron chi connectivity index (χ4n) is 0.875. The van der Waals surface area contributed by atoms with Crippen molar-refractivity contribution in [1.82, 2.24) is 4.98 Å². The Morgan fingerprint density at radius 3 is 2.85 bits per heavy atom. The second kappa shape index (κ2) is 4.72.